The van der Waals surface area contributed by atoms with Crippen molar-refractivity contribution < 1.29 is 67.7 Å². The fraction of sp³-hybridized carbons (Fsp3) is 1.00. The fourth-order valence-corrected chi connectivity index (χ4v) is 1.85. The largest absolute Gasteiger partial charge is 1.00 e. The van der Waals surface area contributed by atoms with Gasteiger partial charge in [0.2, 0.25) is 0 Å². The van der Waals surface area contributed by atoms with Crippen LogP contribution in [0.5, 0.6) is 0 Å². The molecule has 5 N–H and O–H groups in total. The van der Waals surface area contributed by atoms with Gasteiger partial charge in [0.25, 0.3) is 0 Å². The number of hydrogen-bond acceptors (Lipinski definition) is 9. The van der Waals surface area contributed by atoms with Crippen molar-refractivity contribution >= 4 is 10.1 Å². The van der Waals surface area contributed by atoms with Crippen LogP contribution in [0.4, 0.5) is 0 Å². The van der Waals surface area contributed by atoms with Crippen molar-refractivity contribution in [3.63, 3.8) is 0 Å². The van der Waals surface area contributed by atoms with Crippen LogP contribution in [-0.2, 0) is 14.9 Å². The Bertz CT molecular complexity index is 377. The van der Waals surface area contributed by atoms with Crippen molar-refractivity contribution in [1.29, 1.82) is 0 Å². The zero-order valence-corrected chi connectivity index (χ0v) is 13.3. The minimum Gasteiger partial charge on any atom is -0.747 e. The molecule has 11 heteroatoms. The van der Waals surface area contributed by atoms with Crippen LogP contribution in [0.15, 0.2) is 0 Å². The van der Waals surface area contributed by atoms with E-state index in [1.165, 1.54) is 0 Å². The summed E-state index contributed by atoms with van der Waals surface area (Å²) in [5.41, 5.74) is 0. The number of hydrogen-bond donors (Lipinski definition) is 5. The Balaban J connectivity index is 0.00000324. The van der Waals surface area contributed by atoms with E-state index in [0.717, 1.165) is 6.92 Å². The maximum atomic E-state index is 10.7. The third kappa shape index (κ3) is 4.86. The molecule has 0 aromatic heterocycles. The average Bonchev–Trinajstić information content (AvgIpc) is 2.28. The first-order chi connectivity index (χ1) is 8.18. The third-order valence-corrected chi connectivity index (χ3v) is 3.73. The van der Waals surface area contributed by atoms with Gasteiger partial charge in [0.15, 0.2) is 0 Å². The van der Waals surface area contributed by atoms with Gasteiger partial charge in [-0.05, 0) is 6.92 Å². The molecule has 0 bridgehead atoms. The summed E-state index contributed by atoms with van der Waals surface area (Å²) in [6.45, 7) is 0.408. The second-order valence-corrected chi connectivity index (χ2v) is 5.74. The van der Waals surface area contributed by atoms with Crippen LogP contribution in [0.25, 0.3) is 0 Å². The Morgan fingerprint density at radius 3 is 2.21 bits per heavy atom. The van der Waals surface area contributed by atoms with E-state index in [9.17, 15) is 28.3 Å². The quantitative estimate of drug-likeness (QED) is 0.251. The Kier molecular flexibility index (Phi) is 7.88. The van der Waals surface area contributed by atoms with E-state index < -0.39 is 52.7 Å². The Hall–Kier alpha value is 0.670. The topological polar surface area (TPSA) is 159 Å². The minimum absolute atomic E-state index is 0. The van der Waals surface area contributed by atoms with Gasteiger partial charge in [0, 0.05) is 0 Å². The van der Waals surface area contributed by atoms with Crippen LogP contribution in [-0.4, -0.2) is 76.0 Å². The predicted molar refractivity (Wildman–Crippen MR) is 56.1 cm³/mol. The first kappa shape index (κ1) is 19.7. The molecule has 1 heterocycles. The summed E-state index contributed by atoms with van der Waals surface area (Å²) in [5, 5.41) is 38.0. The summed E-state index contributed by atoms with van der Waals surface area (Å²) in [7, 11) is -4.64. The van der Waals surface area contributed by atoms with Gasteiger partial charge in [-0.15, -0.1) is 0 Å². The van der Waals surface area contributed by atoms with Gasteiger partial charge in [-0.3, -0.25) is 5.32 Å². The Labute approximate surface area is 132 Å². The van der Waals surface area contributed by atoms with Crippen molar-refractivity contribution in [2.75, 3.05) is 6.61 Å². The van der Waals surface area contributed by atoms with E-state index in [0.29, 0.717) is 0 Å². The molecule has 0 amide bonds. The number of nitrogens with one attached hydrogen (secondary N) is 1. The molecule has 1 aliphatic heterocycles. The second-order valence-electron chi connectivity index (χ2n) is 4.05. The van der Waals surface area contributed by atoms with Gasteiger partial charge in [0.05, 0.1) is 12.0 Å². The zero-order chi connectivity index (χ0) is 14.1. The maximum Gasteiger partial charge on any atom is 1.00 e. The molecule has 2 unspecified atom stereocenters. The number of aliphatic hydroxyl groups is 4. The van der Waals surface area contributed by atoms with Crippen molar-refractivity contribution in [3.8, 4) is 0 Å². The zero-order valence-electron chi connectivity index (χ0n) is 10.5. The van der Waals surface area contributed by atoms with E-state index in [1.54, 1.807) is 0 Å². The molecule has 6 atom stereocenters. The first-order valence-corrected chi connectivity index (χ1v) is 6.67. The summed E-state index contributed by atoms with van der Waals surface area (Å²) in [5.74, 6) is 0. The van der Waals surface area contributed by atoms with E-state index in [2.05, 4.69) is 5.32 Å². The van der Waals surface area contributed by atoms with E-state index >= 15 is 0 Å². The molecule has 0 aliphatic carbocycles. The molecule has 0 radical (unpaired) electrons. The number of ether oxygens (including phenoxy) is 1. The Morgan fingerprint density at radius 1 is 1.26 bits per heavy atom. The summed E-state index contributed by atoms with van der Waals surface area (Å²) < 4.78 is 37.0. The van der Waals surface area contributed by atoms with Gasteiger partial charge in [-0.1, -0.05) is 0 Å². The van der Waals surface area contributed by atoms with Crippen molar-refractivity contribution in [2.45, 2.75) is 42.9 Å². The maximum absolute atomic E-state index is 10.7. The first-order valence-electron chi connectivity index (χ1n) is 5.19. The summed E-state index contributed by atoms with van der Waals surface area (Å²) >= 11 is 0. The van der Waals surface area contributed by atoms with Gasteiger partial charge in [0.1, 0.15) is 40.8 Å². The van der Waals surface area contributed by atoms with Gasteiger partial charge in [-0.25, -0.2) is 8.42 Å². The monoisotopic (exact) mass is 309 g/mol. The summed E-state index contributed by atoms with van der Waals surface area (Å²) in [6, 6.07) is 0. The Morgan fingerprint density at radius 2 is 1.79 bits per heavy atom. The SMILES string of the molecule is CC(NC1O[C@H](CO)[C@@H](O)[C@H](O)[C@H]1O)S(=O)(=O)[O-].[Na+]. The van der Waals surface area contributed by atoms with Crippen LogP contribution in [0.2, 0.25) is 0 Å². The molecule has 0 aromatic carbocycles. The molecule has 0 aromatic rings. The third-order valence-electron chi connectivity index (χ3n) is 2.72. The number of rotatable bonds is 4. The normalized spacial score (nSPS) is 37.5. The van der Waals surface area contributed by atoms with Crippen LogP contribution in [0.1, 0.15) is 6.92 Å². The summed E-state index contributed by atoms with van der Waals surface area (Å²) in [4.78, 5) is 0. The predicted octanol–water partition coefficient (Wildman–Crippen LogP) is -6.73. The molecule has 9 nitrogen and oxygen atoms in total. The number of aliphatic hydroxyl groups excluding tert-OH is 4. The van der Waals surface area contributed by atoms with E-state index in [1.807, 2.05) is 0 Å². The molecule has 19 heavy (non-hydrogen) atoms. The molecule has 0 saturated carbocycles. The van der Waals surface area contributed by atoms with Crippen LogP contribution in [0, 0.1) is 0 Å². The fourth-order valence-electron chi connectivity index (χ4n) is 1.55. The molecular weight excluding hydrogens is 293 g/mol. The molecular formula is C8H16NNaO8S. The smallest absolute Gasteiger partial charge is 0.747 e. The molecule has 1 rings (SSSR count). The average molecular weight is 309 g/mol. The van der Waals surface area contributed by atoms with Gasteiger partial charge in [-0.2, -0.15) is 0 Å². The molecule has 1 aliphatic rings. The second kappa shape index (κ2) is 7.61. The van der Waals surface area contributed by atoms with Crippen molar-refractivity contribution in [3.05, 3.63) is 0 Å². The molecule has 1 fully saturated rings. The molecule has 1 saturated heterocycles. The van der Waals surface area contributed by atoms with Crippen LogP contribution < -0.4 is 34.9 Å². The van der Waals surface area contributed by atoms with Crippen LogP contribution >= 0.6 is 0 Å². The molecule has 108 valence electrons. The van der Waals surface area contributed by atoms with Crippen molar-refractivity contribution in [1.82, 2.24) is 5.32 Å². The molecule has 0 spiro atoms. The van der Waals surface area contributed by atoms with E-state index in [-0.39, 0.29) is 29.6 Å². The van der Waals surface area contributed by atoms with Crippen molar-refractivity contribution in [2.24, 2.45) is 0 Å². The van der Waals surface area contributed by atoms with Gasteiger partial charge < -0.3 is 29.7 Å². The van der Waals surface area contributed by atoms with Crippen LogP contribution in [0.3, 0.4) is 0 Å². The van der Waals surface area contributed by atoms with E-state index in [4.69, 9.17) is 9.84 Å². The minimum atomic E-state index is -4.64. The summed E-state index contributed by atoms with van der Waals surface area (Å²) in [6.07, 6.45) is -7.36. The van der Waals surface area contributed by atoms with Gasteiger partial charge >= 0.3 is 29.6 Å². The standard InChI is InChI=1S/C8H17NO8S.Na/c1-3(18(14,15)16)9-8-7(13)6(12)5(11)4(2-10)17-8;/h3-13H,2H2,1H3,(H,14,15,16);/q;+1/p-1/t3?,4-,5-,6+,7-,8?;/m1./s1.